The second kappa shape index (κ2) is 6.50. The molecular weight excluding hydrogens is 242 g/mol. The number of oxazole rings is 1. The molecule has 5 nitrogen and oxygen atoms in total. The summed E-state index contributed by atoms with van der Waals surface area (Å²) in [5.74, 6) is 1.73. The normalized spacial score (nSPS) is 19.8. The molecule has 19 heavy (non-hydrogen) atoms. The molecule has 0 aliphatic carbocycles. The fourth-order valence-corrected chi connectivity index (χ4v) is 2.59. The van der Waals surface area contributed by atoms with Crippen LogP contribution in [0.15, 0.2) is 4.42 Å². The Labute approximate surface area is 115 Å². The number of rotatable bonds is 5. The van der Waals surface area contributed by atoms with Crippen LogP contribution in [0.3, 0.4) is 0 Å². The van der Waals surface area contributed by atoms with Crippen molar-refractivity contribution in [3.8, 4) is 0 Å². The SMILES string of the molecule is CCC(CO)N1CCN(Cc2nc(C)c(C)o2)CC1. The van der Waals surface area contributed by atoms with Crippen LogP contribution in [0.1, 0.15) is 30.7 Å². The van der Waals surface area contributed by atoms with Crippen molar-refractivity contribution in [1.29, 1.82) is 0 Å². The summed E-state index contributed by atoms with van der Waals surface area (Å²) in [6.07, 6.45) is 1.01. The van der Waals surface area contributed by atoms with Crippen molar-refractivity contribution in [2.45, 2.75) is 39.8 Å². The Balaban J connectivity index is 1.83. The minimum atomic E-state index is 0.259. The Kier molecular flexibility index (Phi) is 4.96. The molecule has 2 rings (SSSR count). The van der Waals surface area contributed by atoms with Crippen LogP contribution in [-0.4, -0.2) is 58.7 Å². The summed E-state index contributed by atoms with van der Waals surface area (Å²) in [7, 11) is 0. The topological polar surface area (TPSA) is 52.7 Å². The summed E-state index contributed by atoms with van der Waals surface area (Å²) in [6.45, 7) is 11.2. The number of aromatic nitrogens is 1. The summed E-state index contributed by atoms with van der Waals surface area (Å²) in [6, 6.07) is 0.313. The smallest absolute Gasteiger partial charge is 0.208 e. The van der Waals surface area contributed by atoms with E-state index in [2.05, 4.69) is 21.7 Å². The number of hydrogen-bond acceptors (Lipinski definition) is 5. The van der Waals surface area contributed by atoms with Gasteiger partial charge in [-0.05, 0) is 20.3 Å². The number of aliphatic hydroxyl groups excluding tert-OH is 1. The number of aliphatic hydroxyl groups is 1. The fourth-order valence-electron chi connectivity index (χ4n) is 2.59. The van der Waals surface area contributed by atoms with Crippen LogP contribution in [0.5, 0.6) is 0 Å². The zero-order valence-corrected chi connectivity index (χ0v) is 12.2. The molecule has 1 aromatic rings. The van der Waals surface area contributed by atoms with E-state index in [1.54, 1.807) is 0 Å². The lowest BCUT2D eigenvalue weighted by atomic mass is 10.1. The van der Waals surface area contributed by atoms with E-state index in [4.69, 9.17) is 4.42 Å². The molecule has 1 N–H and O–H groups in total. The molecule has 0 spiro atoms. The van der Waals surface area contributed by atoms with Gasteiger partial charge in [-0.15, -0.1) is 0 Å². The summed E-state index contributed by atoms with van der Waals surface area (Å²) in [5, 5.41) is 9.33. The van der Waals surface area contributed by atoms with E-state index in [-0.39, 0.29) is 6.61 Å². The highest BCUT2D eigenvalue weighted by Gasteiger charge is 2.23. The van der Waals surface area contributed by atoms with Crippen LogP contribution < -0.4 is 0 Å². The second-order valence-electron chi connectivity index (χ2n) is 5.31. The average Bonchev–Trinajstić information content (AvgIpc) is 2.72. The summed E-state index contributed by atoms with van der Waals surface area (Å²) in [5.41, 5.74) is 0.986. The molecule has 0 bridgehead atoms. The van der Waals surface area contributed by atoms with Crippen LogP contribution >= 0.6 is 0 Å². The van der Waals surface area contributed by atoms with Gasteiger partial charge in [0.25, 0.3) is 0 Å². The molecule has 1 fully saturated rings. The van der Waals surface area contributed by atoms with Gasteiger partial charge in [-0.3, -0.25) is 9.80 Å². The van der Waals surface area contributed by atoms with Crippen LogP contribution in [0.25, 0.3) is 0 Å². The number of hydrogen-bond donors (Lipinski definition) is 1. The maximum absolute atomic E-state index is 9.33. The van der Waals surface area contributed by atoms with Gasteiger partial charge < -0.3 is 9.52 Å². The van der Waals surface area contributed by atoms with Gasteiger partial charge in [-0.25, -0.2) is 4.98 Å². The third kappa shape index (κ3) is 3.55. The van der Waals surface area contributed by atoms with Crippen molar-refractivity contribution in [1.82, 2.24) is 14.8 Å². The first-order valence-corrected chi connectivity index (χ1v) is 7.14. The van der Waals surface area contributed by atoms with E-state index in [1.165, 1.54) is 0 Å². The molecule has 0 aromatic carbocycles. The first kappa shape index (κ1) is 14.5. The fraction of sp³-hybridized carbons (Fsp3) is 0.786. The minimum Gasteiger partial charge on any atom is -0.444 e. The second-order valence-corrected chi connectivity index (χ2v) is 5.31. The Morgan fingerprint density at radius 3 is 2.42 bits per heavy atom. The maximum Gasteiger partial charge on any atom is 0.208 e. The van der Waals surface area contributed by atoms with E-state index in [0.717, 1.165) is 56.5 Å². The summed E-state index contributed by atoms with van der Waals surface area (Å²) < 4.78 is 5.63. The third-order valence-electron chi connectivity index (χ3n) is 4.04. The molecule has 108 valence electrons. The van der Waals surface area contributed by atoms with E-state index >= 15 is 0 Å². The molecular formula is C14H25N3O2. The van der Waals surface area contributed by atoms with Gasteiger partial charge in [0.1, 0.15) is 5.76 Å². The quantitative estimate of drug-likeness (QED) is 0.868. The van der Waals surface area contributed by atoms with Gasteiger partial charge >= 0.3 is 0 Å². The zero-order valence-electron chi connectivity index (χ0n) is 12.2. The molecule has 1 aliphatic rings. The van der Waals surface area contributed by atoms with Gasteiger partial charge in [-0.2, -0.15) is 0 Å². The summed E-state index contributed by atoms with van der Waals surface area (Å²) >= 11 is 0. The summed E-state index contributed by atoms with van der Waals surface area (Å²) in [4.78, 5) is 9.17. The number of piperazine rings is 1. The molecule has 0 amide bonds. The van der Waals surface area contributed by atoms with E-state index in [9.17, 15) is 5.11 Å². The molecule has 1 aromatic heterocycles. The lowest BCUT2D eigenvalue weighted by molar-refractivity contribution is 0.0575. The Morgan fingerprint density at radius 2 is 1.95 bits per heavy atom. The molecule has 1 saturated heterocycles. The van der Waals surface area contributed by atoms with Crippen LogP contribution in [0.2, 0.25) is 0 Å². The van der Waals surface area contributed by atoms with Gasteiger partial charge in [0, 0.05) is 32.2 Å². The van der Waals surface area contributed by atoms with Crippen LogP contribution in [0.4, 0.5) is 0 Å². The molecule has 0 radical (unpaired) electrons. The van der Waals surface area contributed by atoms with Crippen molar-refractivity contribution in [3.63, 3.8) is 0 Å². The predicted molar refractivity (Wildman–Crippen MR) is 74.0 cm³/mol. The Hall–Kier alpha value is -0.910. The van der Waals surface area contributed by atoms with Crippen molar-refractivity contribution >= 4 is 0 Å². The van der Waals surface area contributed by atoms with E-state index in [0.29, 0.717) is 6.04 Å². The number of aryl methyl sites for hydroxylation is 2. The van der Waals surface area contributed by atoms with Crippen LogP contribution in [0, 0.1) is 13.8 Å². The largest absolute Gasteiger partial charge is 0.444 e. The zero-order chi connectivity index (χ0) is 13.8. The third-order valence-corrected chi connectivity index (χ3v) is 4.04. The molecule has 1 unspecified atom stereocenters. The van der Waals surface area contributed by atoms with Gasteiger partial charge in [0.05, 0.1) is 18.8 Å². The lowest BCUT2D eigenvalue weighted by Crippen LogP contribution is -2.50. The van der Waals surface area contributed by atoms with Gasteiger partial charge in [0.15, 0.2) is 0 Å². The highest BCUT2D eigenvalue weighted by molar-refractivity contribution is 5.05. The monoisotopic (exact) mass is 267 g/mol. The van der Waals surface area contributed by atoms with Gasteiger partial charge in [-0.1, -0.05) is 6.92 Å². The molecule has 2 heterocycles. The molecule has 5 heteroatoms. The van der Waals surface area contributed by atoms with Crippen molar-refractivity contribution < 1.29 is 9.52 Å². The minimum absolute atomic E-state index is 0.259. The molecule has 1 aliphatic heterocycles. The van der Waals surface area contributed by atoms with Crippen molar-refractivity contribution in [3.05, 3.63) is 17.3 Å². The highest BCUT2D eigenvalue weighted by atomic mass is 16.4. The van der Waals surface area contributed by atoms with Crippen LogP contribution in [-0.2, 0) is 6.54 Å². The molecule has 0 saturated carbocycles. The van der Waals surface area contributed by atoms with E-state index in [1.807, 2.05) is 13.8 Å². The van der Waals surface area contributed by atoms with Gasteiger partial charge in [0.2, 0.25) is 5.89 Å². The first-order valence-electron chi connectivity index (χ1n) is 7.14. The maximum atomic E-state index is 9.33. The lowest BCUT2D eigenvalue weighted by Gasteiger charge is -2.37. The Bertz CT molecular complexity index is 374. The molecule has 1 atom stereocenters. The standard InChI is InChI=1S/C14H25N3O2/c1-4-13(10-18)17-7-5-16(6-8-17)9-14-15-11(2)12(3)19-14/h13,18H,4-10H2,1-3H3. The predicted octanol–water partition coefficient (Wildman–Crippen LogP) is 1.18. The van der Waals surface area contributed by atoms with Crippen molar-refractivity contribution in [2.75, 3.05) is 32.8 Å². The van der Waals surface area contributed by atoms with E-state index < -0.39 is 0 Å². The number of nitrogens with zero attached hydrogens (tertiary/aromatic N) is 3. The first-order chi connectivity index (χ1) is 9.13. The average molecular weight is 267 g/mol. The van der Waals surface area contributed by atoms with Crippen molar-refractivity contribution in [2.24, 2.45) is 0 Å². The highest BCUT2D eigenvalue weighted by Crippen LogP contribution is 2.14. The Morgan fingerprint density at radius 1 is 1.26 bits per heavy atom.